The van der Waals surface area contributed by atoms with Crippen molar-refractivity contribution in [2.75, 3.05) is 23.3 Å². The third-order valence-corrected chi connectivity index (χ3v) is 7.57. The van der Waals surface area contributed by atoms with Gasteiger partial charge in [0.25, 0.3) is 0 Å². The summed E-state index contributed by atoms with van der Waals surface area (Å²) in [5.74, 6) is -0.747. The van der Waals surface area contributed by atoms with Crippen LogP contribution in [0.2, 0.25) is 0 Å². The number of carbonyl (C=O) groups excluding carboxylic acids is 2. The number of primary amides is 1. The van der Waals surface area contributed by atoms with Gasteiger partial charge in [-0.3, -0.25) is 9.59 Å². The van der Waals surface area contributed by atoms with Crippen LogP contribution in [0.5, 0.6) is 0 Å². The number of nitrogens with one attached hydrogen (secondary N) is 2. The fourth-order valence-corrected chi connectivity index (χ4v) is 5.45. The number of amides is 2. The number of benzene rings is 2. The highest BCUT2D eigenvalue weighted by atomic mass is 32.2. The standard InChI is InChI=1S/C24H32N4O4S/c1-3-17(2)27-33(31,32)22-16-20(26-23(29)15-18-7-5-4-6-8-18)9-10-21(22)28-13-11-19(12-14-28)24(25)30/h4-10,16-17,19,27H,3,11-15H2,1-2H3,(H2,25,30)(H,26,29)/t17-/m1/s1. The number of nitrogens with zero attached hydrogens (tertiary/aromatic N) is 1. The summed E-state index contributed by atoms with van der Waals surface area (Å²) in [4.78, 5) is 26.1. The number of nitrogens with two attached hydrogens (primary N) is 1. The number of piperidine rings is 1. The maximum atomic E-state index is 13.2. The predicted octanol–water partition coefficient (Wildman–Crippen LogP) is 2.65. The third-order valence-electron chi connectivity index (χ3n) is 5.95. The molecule has 1 aliphatic rings. The minimum absolute atomic E-state index is 0.109. The summed E-state index contributed by atoms with van der Waals surface area (Å²) >= 11 is 0. The van der Waals surface area contributed by atoms with Crippen LogP contribution in [0, 0.1) is 5.92 Å². The molecule has 178 valence electrons. The van der Waals surface area contributed by atoms with Gasteiger partial charge in [-0.2, -0.15) is 0 Å². The van der Waals surface area contributed by atoms with Crippen LogP contribution in [0.15, 0.2) is 53.4 Å². The lowest BCUT2D eigenvalue weighted by atomic mass is 9.96. The molecule has 2 aromatic carbocycles. The van der Waals surface area contributed by atoms with E-state index in [1.807, 2.05) is 42.2 Å². The first-order chi connectivity index (χ1) is 15.7. The topological polar surface area (TPSA) is 122 Å². The summed E-state index contributed by atoms with van der Waals surface area (Å²) in [6.45, 7) is 4.77. The fourth-order valence-electron chi connectivity index (χ4n) is 3.87. The van der Waals surface area contributed by atoms with E-state index in [0.29, 0.717) is 43.7 Å². The number of sulfonamides is 1. The van der Waals surface area contributed by atoms with Gasteiger partial charge in [-0.15, -0.1) is 0 Å². The lowest BCUT2D eigenvalue weighted by Crippen LogP contribution is -2.40. The van der Waals surface area contributed by atoms with Gasteiger partial charge in [-0.05, 0) is 49.9 Å². The molecular formula is C24H32N4O4S. The summed E-state index contributed by atoms with van der Waals surface area (Å²) in [7, 11) is -3.83. The van der Waals surface area contributed by atoms with Crippen LogP contribution in [-0.2, 0) is 26.0 Å². The maximum Gasteiger partial charge on any atom is 0.242 e. The molecule has 33 heavy (non-hydrogen) atoms. The van der Waals surface area contributed by atoms with Crippen molar-refractivity contribution in [3.63, 3.8) is 0 Å². The number of carbonyl (C=O) groups is 2. The molecule has 0 radical (unpaired) electrons. The van der Waals surface area contributed by atoms with Crippen molar-refractivity contribution < 1.29 is 18.0 Å². The molecule has 1 heterocycles. The van der Waals surface area contributed by atoms with E-state index in [0.717, 1.165) is 5.56 Å². The van der Waals surface area contributed by atoms with E-state index in [-0.39, 0.29) is 35.1 Å². The van der Waals surface area contributed by atoms with Gasteiger partial charge in [-0.1, -0.05) is 37.3 Å². The number of hydrogen-bond acceptors (Lipinski definition) is 5. The Labute approximate surface area is 195 Å². The average molecular weight is 473 g/mol. The summed E-state index contributed by atoms with van der Waals surface area (Å²) < 4.78 is 29.2. The largest absolute Gasteiger partial charge is 0.370 e. The molecule has 8 nitrogen and oxygen atoms in total. The zero-order chi connectivity index (χ0) is 24.0. The van der Waals surface area contributed by atoms with E-state index in [2.05, 4.69) is 10.0 Å². The molecular weight excluding hydrogens is 440 g/mol. The van der Waals surface area contributed by atoms with Gasteiger partial charge in [0.15, 0.2) is 0 Å². The Bertz CT molecular complexity index is 1080. The van der Waals surface area contributed by atoms with Crippen LogP contribution >= 0.6 is 0 Å². The molecule has 1 fully saturated rings. The van der Waals surface area contributed by atoms with E-state index in [1.165, 1.54) is 6.07 Å². The molecule has 3 rings (SSSR count). The second kappa shape index (κ2) is 10.8. The normalized spacial score (nSPS) is 15.8. The summed E-state index contributed by atoms with van der Waals surface area (Å²) in [5, 5.41) is 2.81. The van der Waals surface area contributed by atoms with Crippen LogP contribution in [0.4, 0.5) is 11.4 Å². The Hall–Kier alpha value is -2.91. The zero-order valence-electron chi connectivity index (χ0n) is 19.1. The SMILES string of the molecule is CC[C@@H](C)NS(=O)(=O)c1cc(NC(=O)Cc2ccccc2)ccc1N1CCC(C(N)=O)CC1. The second-order valence-electron chi connectivity index (χ2n) is 8.49. The van der Waals surface area contributed by atoms with Crippen LogP contribution in [0.1, 0.15) is 38.7 Å². The third kappa shape index (κ3) is 6.55. The van der Waals surface area contributed by atoms with Crippen molar-refractivity contribution in [3.8, 4) is 0 Å². The van der Waals surface area contributed by atoms with Gasteiger partial charge < -0.3 is 16.0 Å². The number of rotatable bonds is 9. The zero-order valence-corrected chi connectivity index (χ0v) is 19.9. The molecule has 9 heteroatoms. The minimum atomic E-state index is -3.83. The van der Waals surface area contributed by atoms with E-state index in [1.54, 1.807) is 19.1 Å². The van der Waals surface area contributed by atoms with E-state index < -0.39 is 10.0 Å². The molecule has 0 unspecified atom stereocenters. The van der Waals surface area contributed by atoms with Crippen molar-refractivity contribution in [2.45, 2.75) is 50.5 Å². The number of anilines is 2. The lowest BCUT2D eigenvalue weighted by molar-refractivity contribution is -0.122. The number of hydrogen-bond donors (Lipinski definition) is 3. The van der Waals surface area contributed by atoms with E-state index >= 15 is 0 Å². The van der Waals surface area contributed by atoms with Crippen molar-refractivity contribution in [3.05, 3.63) is 54.1 Å². The van der Waals surface area contributed by atoms with Gasteiger partial charge in [-0.25, -0.2) is 13.1 Å². The molecule has 0 bridgehead atoms. The fraction of sp³-hybridized carbons (Fsp3) is 0.417. The van der Waals surface area contributed by atoms with Crippen LogP contribution < -0.4 is 20.7 Å². The molecule has 2 amide bonds. The first-order valence-corrected chi connectivity index (χ1v) is 12.7. The molecule has 1 saturated heterocycles. The molecule has 4 N–H and O–H groups in total. The molecule has 0 aliphatic carbocycles. The highest BCUT2D eigenvalue weighted by Gasteiger charge is 2.28. The Balaban J connectivity index is 1.87. The second-order valence-corrected chi connectivity index (χ2v) is 10.2. The predicted molar refractivity (Wildman–Crippen MR) is 129 cm³/mol. The van der Waals surface area contributed by atoms with E-state index in [4.69, 9.17) is 5.73 Å². The molecule has 1 atom stereocenters. The Morgan fingerprint density at radius 3 is 2.39 bits per heavy atom. The average Bonchev–Trinajstić information content (AvgIpc) is 2.79. The van der Waals surface area contributed by atoms with Gasteiger partial charge in [0.1, 0.15) is 4.90 Å². The summed E-state index contributed by atoms with van der Waals surface area (Å²) in [6, 6.07) is 14.0. The molecule has 0 aromatic heterocycles. The van der Waals surface area contributed by atoms with Gasteiger partial charge >= 0.3 is 0 Å². The summed E-state index contributed by atoms with van der Waals surface area (Å²) in [6.07, 6.45) is 1.98. The Morgan fingerprint density at radius 2 is 1.79 bits per heavy atom. The van der Waals surface area contributed by atoms with Gasteiger partial charge in [0.05, 0.1) is 12.1 Å². The Kier molecular flexibility index (Phi) is 8.10. The highest BCUT2D eigenvalue weighted by molar-refractivity contribution is 7.89. The van der Waals surface area contributed by atoms with Crippen LogP contribution in [-0.4, -0.2) is 39.4 Å². The highest BCUT2D eigenvalue weighted by Crippen LogP contribution is 2.32. The van der Waals surface area contributed by atoms with Crippen molar-refractivity contribution in [1.82, 2.24) is 4.72 Å². The van der Waals surface area contributed by atoms with Crippen LogP contribution in [0.3, 0.4) is 0 Å². The molecule has 2 aromatic rings. The van der Waals surface area contributed by atoms with Crippen molar-refractivity contribution >= 4 is 33.2 Å². The van der Waals surface area contributed by atoms with E-state index in [9.17, 15) is 18.0 Å². The molecule has 1 aliphatic heterocycles. The minimum Gasteiger partial charge on any atom is -0.370 e. The Morgan fingerprint density at radius 1 is 1.12 bits per heavy atom. The monoisotopic (exact) mass is 472 g/mol. The first-order valence-electron chi connectivity index (χ1n) is 11.2. The summed E-state index contributed by atoms with van der Waals surface area (Å²) in [5.41, 5.74) is 7.27. The lowest BCUT2D eigenvalue weighted by Gasteiger charge is -2.33. The van der Waals surface area contributed by atoms with Gasteiger partial charge in [0, 0.05) is 30.7 Å². The van der Waals surface area contributed by atoms with Crippen molar-refractivity contribution in [1.29, 1.82) is 0 Å². The van der Waals surface area contributed by atoms with Gasteiger partial charge in [0.2, 0.25) is 21.8 Å². The molecule has 0 spiro atoms. The van der Waals surface area contributed by atoms with Crippen molar-refractivity contribution in [2.24, 2.45) is 11.7 Å². The first kappa shape index (κ1) is 24.7. The molecule has 0 saturated carbocycles. The quantitative estimate of drug-likeness (QED) is 0.518. The smallest absolute Gasteiger partial charge is 0.242 e. The van der Waals surface area contributed by atoms with Crippen LogP contribution in [0.25, 0.3) is 0 Å². The maximum absolute atomic E-state index is 13.2.